The first-order valence-electron chi connectivity index (χ1n) is 3.71. The first kappa shape index (κ1) is 8.64. The minimum absolute atomic E-state index is 0.0115. The van der Waals surface area contributed by atoms with Crippen molar-refractivity contribution >= 4 is 5.97 Å². The van der Waals surface area contributed by atoms with Crippen LogP contribution in [0.3, 0.4) is 0 Å². The van der Waals surface area contributed by atoms with Gasteiger partial charge in [-0.3, -0.25) is 0 Å². The van der Waals surface area contributed by atoms with Gasteiger partial charge in [-0.05, 0) is 25.0 Å². The normalized spacial score (nSPS) is 9.83. The van der Waals surface area contributed by atoms with Crippen molar-refractivity contribution in [2.75, 3.05) is 0 Å². The fourth-order valence-electron chi connectivity index (χ4n) is 0.954. The van der Waals surface area contributed by atoms with Crippen LogP contribution in [0.15, 0.2) is 6.07 Å². The lowest BCUT2D eigenvalue weighted by Crippen LogP contribution is -2.05. The zero-order chi connectivity index (χ0) is 9.14. The molecule has 1 N–H and O–H groups in total. The summed E-state index contributed by atoms with van der Waals surface area (Å²) in [6.45, 7) is 3.77. The van der Waals surface area contributed by atoms with Crippen molar-refractivity contribution in [2.24, 2.45) is 0 Å². The number of aromatic carboxylic acids is 1. The fourth-order valence-corrected chi connectivity index (χ4v) is 0.954. The van der Waals surface area contributed by atoms with Gasteiger partial charge in [0.2, 0.25) is 0 Å². The summed E-state index contributed by atoms with van der Waals surface area (Å²) in [5, 5.41) is 15.9. The molecular weight excluding hydrogens is 156 g/mol. The van der Waals surface area contributed by atoms with Crippen molar-refractivity contribution in [1.29, 1.82) is 0 Å². The van der Waals surface area contributed by atoms with Crippen LogP contribution in [0.25, 0.3) is 0 Å². The van der Waals surface area contributed by atoms with Crippen LogP contribution in [0.4, 0.5) is 0 Å². The maximum atomic E-state index is 10.5. The van der Waals surface area contributed by atoms with Crippen molar-refractivity contribution in [3.8, 4) is 0 Å². The number of aryl methyl sites for hydroxylation is 2. The van der Waals surface area contributed by atoms with E-state index in [4.69, 9.17) is 5.11 Å². The number of carboxylic acids is 1. The van der Waals surface area contributed by atoms with Crippen molar-refractivity contribution in [1.82, 2.24) is 10.2 Å². The molecule has 1 aromatic heterocycles. The third-order valence-electron chi connectivity index (χ3n) is 1.68. The number of nitrogens with zero attached hydrogens (tertiary/aromatic N) is 2. The van der Waals surface area contributed by atoms with Crippen LogP contribution in [0, 0.1) is 6.92 Å². The van der Waals surface area contributed by atoms with E-state index in [9.17, 15) is 4.79 Å². The van der Waals surface area contributed by atoms with Gasteiger partial charge in [-0.15, -0.1) is 5.10 Å². The molecule has 0 radical (unpaired) electrons. The van der Waals surface area contributed by atoms with E-state index in [1.165, 1.54) is 0 Å². The third kappa shape index (κ3) is 1.58. The van der Waals surface area contributed by atoms with Gasteiger partial charge in [-0.1, -0.05) is 6.92 Å². The quantitative estimate of drug-likeness (QED) is 0.713. The Balaban J connectivity index is 3.13. The Labute approximate surface area is 70.3 Å². The van der Waals surface area contributed by atoms with E-state index in [2.05, 4.69) is 10.2 Å². The molecule has 0 spiro atoms. The van der Waals surface area contributed by atoms with E-state index in [-0.39, 0.29) is 5.69 Å². The number of hydrogen-bond donors (Lipinski definition) is 1. The first-order valence-corrected chi connectivity index (χ1v) is 3.71. The van der Waals surface area contributed by atoms with E-state index in [1.54, 1.807) is 6.07 Å². The Morgan fingerprint density at radius 3 is 2.75 bits per heavy atom. The van der Waals surface area contributed by atoms with Gasteiger partial charge in [0, 0.05) is 0 Å². The molecule has 0 aliphatic carbocycles. The standard InChI is InChI=1S/C8H10N2O2/c1-3-6-4-7(8(11)12)10-9-5(6)2/h4H,3H2,1-2H3,(H,11,12). The second-order valence-corrected chi connectivity index (χ2v) is 2.50. The van der Waals surface area contributed by atoms with Gasteiger partial charge in [0.15, 0.2) is 5.69 Å². The summed E-state index contributed by atoms with van der Waals surface area (Å²) in [6, 6.07) is 1.56. The molecule has 0 saturated carbocycles. The summed E-state index contributed by atoms with van der Waals surface area (Å²) in [5.74, 6) is -1.03. The van der Waals surface area contributed by atoms with Crippen molar-refractivity contribution in [3.05, 3.63) is 23.0 Å². The first-order chi connectivity index (χ1) is 5.65. The fraction of sp³-hybridized carbons (Fsp3) is 0.375. The highest BCUT2D eigenvalue weighted by Gasteiger charge is 2.07. The molecular formula is C8H10N2O2. The molecule has 0 saturated heterocycles. The number of rotatable bonds is 2. The van der Waals surface area contributed by atoms with Crippen LogP contribution < -0.4 is 0 Å². The molecule has 0 aliphatic heterocycles. The largest absolute Gasteiger partial charge is 0.476 e. The van der Waals surface area contributed by atoms with Crippen LogP contribution in [-0.2, 0) is 6.42 Å². The van der Waals surface area contributed by atoms with Gasteiger partial charge in [-0.2, -0.15) is 5.10 Å². The molecule has 0 aliphatic rings. The van der Waals surface area contributed by atoms with Gasteiger partial charge >= 0.3 is 5.97 Å². The van der Waals surface area contributed by atoms with E-state index in [0.29, 0.717) is 0 Å². The predicted molar refractivity (Wildman–Crippen MR) is 43.1 cm³/mol. The smallest absolute Gasteiger partial charge is 0.356 e. The lowest BCUT2D eigenvalue weighted by Gasteiger charge is -2.00. The number of hydrogen-bond acceptors (Lipinski definition) is 3. The second-order valence-electron chi connectivity index (χ2n) is 2.50. The molecule has 12 heavy (non-hydrogen) atoms. The number of carbonyl (C=O) groups is 1. The highest BCUT2D eigenvalue weighted by Crippen LogP contribution is 2.05. The van der Waals surface area contributed by atoms with Crippen LogP contribution in [0.2, 0.25) is 0 Å². The number of aromatic nitrogens is 2. The van der Waals surface area contributed by atoms with Crippen molar-refractivity contribution in [2.45, 2.75) is 20.3 Å². The summed E-state index contributed by atoms with van der Waals surface area (Å²) in [5.41, 5.74) is 1.74. The summed E-state index contributed by atoms with van der Waals surface area (Å²) >= 11 is 0. The van der Waals surface area contributed by atoms with Gasteiger partial charge < -0.3 is 5.11 Å². The van der Waals surface area contributed by atoms with Gasteiger partial charge in [0.05, 0.1) is 5.69 Å². The van der Waals surface area contributed by atoms with Crippen molar-refractivity contribution in [3.63, 3.8) is 0 Å². The topological polar surface area (TPSA) is 63.1 Å². The van der Waals surface area contributed by atoms with E-state index >= 15 is 0 Å². The average molecular weight is 166 g/mol. The molecule has 4 nitrogen and oxygen atoms in total. The highest BCUT2D eigenvalue weighted by molar-refractivity contribution is 5.85. The minimum Gasteiger partial charge on any atom is -0.476 e. The van der Waals surface area contributed by atoms with E-state index < -0.39 is 5.97 Å². The molecule has 0 unspecified atom stereocenters. The molecule has 0 fully saturated rings. The minimum atomic E-state index is -1.03. The van der Waals surface area contributed by atoms with E-state index in [1.807, 2.05) is 13.8 Å². The zero-order valence-electron chi connectivity index (χ0n) is 7.03. The molecule has 1 rings (SSSR count). The maximum absolute atomic E-state index is 10.5. The number of carboxylic acid groups (broad SMARTS) is 1. The lowest BCUT2D eigenvalue weighted by molar-refractivity contribution is 0.0689. The van der Waals surface area contributed by atoms with Crippen LogP contribution in [0.1, 0.15) is 28.7 Å². The summed E-state index contributed by atoms with van der Waals surface area (Å²) in [7, 11) is 0. The van der Waals surface area contributed by atoms with Crippen molar-refractivity contribution < 1.29 is 9.90 Å². The predicted octanol–water partition coefficient (Wildman–Crippen LogP) is 1.05. The Morgan fingerprint density at radius 2 is 2.25 bits per heavy atom. The molecule has 4 heteroatoms. The molecule has 0 bridgehead atoms. The van der Waals surface area contributed by atoms with Crippen LogP contribution in [-0.4, -0.2) is 21.3 Å². The van der Waals surface area contributed by atoms with Gasteiger partial charge in [0.25, 0.3) is 0 Å². The lowest BCUT2D eigenvalue weighted by atomic mass is 10.1. The maximum Gasteiger partial charge on any atom is 0.356 e. The Bertz CT molecular complexity index is 310. The Hall–Kier alpha value is -1.45. The van der Waals surface area contributed by atoms with Gasteiger partial charge in [-0.25, -0.2) is 4.79 Å². The molecule has 0 amide bonds. The van der Waals surface area contributed by atoms with Crippen LogP contribution in [0.5, 0.6) is 0 Å². The monoisotopic (exact) mass is 166 g/mol. The van der Waals surface area contributed by atoms with Gasteiger partial charge in [0.1, 0.15) is 0 Å². The molecule has 1 aromatic rings. The third-order valence-corrected chi connectivity index (χ3v) is 1.68. The van der Waals surface area contributed by atoms with Crippen LogP contribution >= 0.6 is 0 Å². The molecule has 64 valence electrons. The summed E-state index contributed by atoms with van der Waals surface area (Å²) in [6.07, 6.45) is 0.779. The zero-order valence-corrected chi connectivity index (χ0v) is 7.03. The summed E-state index contributed by atoms with van der Waals surface area (Å²) < 4.78 is 0. The SMILES string of the molecule is CCc1cc(C(=O)O)nnc1C. The van der Waals surface area contributed by atoms with E-state index in [0.717, 1.165) is 17.7 Å². The second kappa shape index (κ2) is 3.30. The highest BCUT2D eigenvalue weighted by atomic mass is 16.4. The molecule has 1 heterocycles. The molecule has 0 aromatic carbocycles. The summed E-state index contributed by atoms with van der Waals surface area (Å²) in [4.78, 5) is 10.5. The Kier molecular flexibility index (Phi) is 2.38. The Morgan fingerprint density at radius 1 is 1.58 bits per heavy atom. The molecule has 0 atom stereocenters. The average Bonchev–Trinajstić information content (AvgIpc) is 2.05.